The molecular weight excluding hydrogens is 384 g/mol. The van der Waals surface area contributed by atoms with E-state index >= 15 is 0 Å². The largest absolute Gasteiger partial charge is 0.270 e. The Kier molecular flexibility index (Phi) is 4.36. The highest BCUT2D eigenvalue weighted by Gasteiger charge is 2.35. The van der Waals surface area contributed by atoms with Gasteiger partial charge in [0.1, 0.15) is 0 Å². The Morgan fingerprint density at radius 1 is 0.677 bits per heavy atom. The predicted molar refractivity (Wildman–Crippen MR) is 123 cm³/mol. The van der Waals surface area contributed by atoms with Crippen LogP contribution in [-0.4, -0.2) is 11.8 Å². The second-order valence-corrected chi connectivity index (χ2v) is 8.37. The molecule has 0 radical (unpaired) electrons. The van der Waals surface area contributed by atoms with Crippen molar-refractivity contribution in [1.29, 1.82) is 0 Å². The zero-order valence-corrected chi connectivity index (χ0v) is 17.4. The van der Waals surface area contributed by atoms with Gasteiger partial charge in [0, 0.05) is 16.5 Å². The summed E-state index contributed by atoms with van der Waals surface area (Å²) in [7, 11) is 0. The summed E-state index contributed by atoms with van der Waals surface area (Å²) in [6.45, 7) is 4.34. The molecule has 1 aliphatic carbocycles. The third-order valence-corrected chi connectivity index (χ3v) is 6.17. The molecule has 31 heavy (non-hydrogen) atoms. The van der Waals surface area contributed by atoms with Crippen LogP contribution in [-0.2, 0) is 5.41 Å². The minimum atomic E-state index is -0.348. The summed E-state index contributed by atoms with van der Waals surface area (Å²) in [6.07, 6.45) is 0. The van der Waals surface area contributed by atoms with E-state index in [9.17, 15) is 9.59 Å². The van der Waals surface area contributed by atoms with Gasteiger partial charge in [0.15, 0.2) is 0 Å². The topological polar surface area (TPSA) is 58.2 Å². The molecule has 4 nitrogen and oxygen atoms in total. The number of hydrazine groups is 1. The van der Waals surface area contributed by atoms with Crippen molar-refractivity contribution in [1.82, 2.24) is 10.9 Å². The molecule has 0 bridgehead atoms. The van der Waals surface area contributed by atoms with Gasteiger partial charge < -0.3 is 0 Å². The highest BCUT2D eigenvalue weighted by atomic mass is 16.2. The zero-order chi connectivity index (χ0) is 21.6. The van der Waals surface area contributed by atoms with Crippen molar-refractivity contribution < 1.29 is 9.59 Å². The maximum atomic E-state index is 12.8. The number of hydrogen-bond acceptors (Lipinski definition) is 2. The normalized spacial score (nSPS) is 13.4. The van der Waals surface area contributed by atoms with Crippen molar-refractivity contribution in [2.75, 3.05) is 0 Å². The lowest BCUT2D eigenvalue weighted by Crippen LogP contribution is -2.41. The van der Waals surface area contributed by atoms with Crippen LogP contribution >= 0.6 is 0 Å². The quantitative estimate of drug-likeness (QED) is 0.448. The maximum absolute atomic E-state index is 12.8. The smallest absolute Gasteiger partial charge is 0.267 e. The van der Waals surface area contributed by atoms with Crippen LogP contribution in [0.1, 0.15) is 45.7 Å². The standard InChI is InChI=1S/C27H22N2O2/c1-27(2)23-13-6-5-11-20(23)21-15-14-18(16-24(21)27)25(30)28-29-26(31)22-12-7-9-17-8-3-4-10-19(17)22/h3-16H,1-2H3,(H,28,30)(H,29,31). The van der Waals surface area contributed by atoms with Crippen molar-refractivity contribution in [3.63, 3.8) is 0 Å². The first kappa shape index (κ1) is 19.1. The molecule has 0 saturated carbocycles. The molecule has 5 rings (SSSR count). The molecule has 4 aromatic rings. The van der Waals surface area contributed by atoms with E-state index in [0.717, 1.165) is 21.9 Å². The van der Waals surface area contributed by atoms with E-state index in [-0.39, 0.29) is 17.2 Å². The van der Waals surface area contributed by atoms with Crippen molar-refractivity contribution in [3.8, 4) is 11.1 Å². The number of amides is 2. The van der Waals surface area contributed by atoms with E-state index in [1.165, 1.54) is 11.1 Å². The van der Waals surface area contributed by atoms with Gasteiger partial charge in [-0.25, -0.2) is 0 Å². The summed E-state index contributed by atoms with van der Waals surface area (Å²) < 4.78 is 0. The van der Waals surface area contributed by atoms with Gasteiger partial charge in [-0.3, -0.25) is 20.4 Å². The van der Waals surface area contributed by atoms with Gasteiger partial charge in [-0.1, -0.05) is 80.6 Å². The molecule has 2 amide bonds. The first-order valence-corrected chi connectivity index (χ1v) is 10.3. The molecule has 0 saturated heterocycles. The fraction of sp³-hybridized carbons (Fsp3) is 0.111. The molecular formula is C27H22N2O2. The average Bonchev–Trinajstić information content (AvgIpc) is 3.03. The van der Waals surface area contributed by atoms with E-state index in [4.69, 9.17) is 0 Å². The van der Waals surface area contributed by atoms with Crippen molar-refractivity contribution >= 4 is 22.6 Å². The number of nitrogens with one attached hydrogen (secondary N) is 2. The fourth-order valence-corrected chi connectivity index (χ4v) is 4.52. The van der Waals surface area contributed by atoms with E-state index < -0.39 is 0 Å². The van der Waals surface area contributed by atoms with Crippen LogP contribution in [0.5, 0.6) is 0 Å². The van der Waals surface area contributed by atoms with E-state index in [1.807, 2.05) is 60.7 Å². The minimum absolute atomic E-state index is 0.186. The van der Waals surface area contributed by atoms with Crippen molar-refractivity contribution in [3.05, 3.63) is 107 Å². The van der Waals surface area contributed by atoms with Gasteiger partial charge in [-0.05, 0) is 51.2 Å². The third kappa shape index (κ3) is 3.08. The summed E-state index contributed by atoms with van der Waals surface area (Å²) in [5.74, 6) is -0.692. The number of rotatable bonds is 2. The maximum Gasteiger partial charge on any atom is 0.270 e. The second-order valence-electron chi connectivity index (χ2n) is 8.37. The molecule has 0 spiro atoms. The van der Waals surface area contributed by atoms with Crippen LogP contribution in [0.15, 0.2) is 84.9 Å². The Morgan fingerprint density at radius 2 is 1.35 bits per heavy atom. The number of fused-ring (bicyclic) bond motifs is 4. The second kappa shape index (κ2) is 7.10. The Balaban J connectivity index is 1.37. The highest BCUT2D eigenvalue weighted by molar-refractivity contribution is 6.08. The van der Waals surface area contributed by atoms with Crippen LogP contribution in [0.2, 0.25) is 0 Å². The van der Waals surface area contributed by atoms with Gasteiger partial charge in [-0.15, -0.1) is 0 Å². The lowest BCUT2D eigenvalue weighted by Gasteiger charge is -2.21. The van der Waals surface area contributed by atoms with Gasteiger partial charge >= 0.3 is 0 Å². The Labute approximate surface area is 180 Å². The zero-order valence-electron chi connectivity index (χ0n) is 17.4. The number of benzene rings is 4. The van der Waals surface area contributed by atoms with Gasteiger partial charge in [0.05, 0.1) is 0 Å². The summed E-state index contributed by atoms with van der Waals surface area (Å²) in [5, 5.41) is 1.82. The lowest BCUT2D eigenvalue weighted by molar-refractivity contribution is 0.0847. The molecule has 1 aliphatic rings. The summed E-state index contributed by atoms with van der Waals surface area (Å²) >= 11 is 0. The van der Waals surface area contributed by atoms with Crippen molar-refractivity contribution in [2.24, 2.45) is 0 Å². The molecule has 0 unspecified atom stereocenters. The molecule has 0 atom stereocenters. The van der Waals surface area contributed by atoms with Crippen molar-refractivity contribution in [2.45, 2.75) is 19.3 Å². The van der Waals surface area contributed by atoms with Crippen LogP contribution in [0.25, 0.3) is 21.9 Å². The van der Waals surface area contributed by atoms with Crippen LogP contribution in [0.3, 0.4) is 0 Å². The molecule has 152 valence electrons. The number of hydrogen-bond donors (Lipinski definition) is 2. The Hall–Kier alpha value is -3.92. The third-order valence-electron chi connectivity index (χ3n) is 6.17. The molecule has 0 fully saturated rings. The van der Waals surface area contributed by atoms with Crippen LogP contribution in [0, 0.1) is 0 Å². The Bertz CT molecular complexity index is 1350. The first-order valence-electron chi connectivity index (χ1n) is 10.3. The minimum Gasteiger partial charge on any atom is -0.267 e. The first-order chi connectivity index (χ1) is 15.0. The van der Waals surface area contributed by atoms with Gasteiger partial charge in [0.25, 0.3) is 11.8 Å². The molecule has 4 heteroatoms. The monoisotopic (exact) mass is 406 g/mol. The van der Waals surface area contributed by atoms with Crippen LogP contribution < -0.4 is 10.9 Å². The predicted octanol–water partition coefficient (Wildman–Crippen LogP) is 5.22. The number of carbonyl (C=O) groups is 2. The molecule has 0 heterocycles. The lowest BCUT2D eigenvalue weighted by atomic mass is 9.82. The molecule has 0 aromatic heterocycles. The Morgan fingerprint density at radius 3 is 2.23 bits per heavy atom. The average molecular weight is 406 g/mol. The number of carbonyl (C=O) groups excluding carboxylic acids is 2. The van der Waals surface area contributed by atoms with Gasteiger partial charge in [-0.2, -0.15) is 0 Å². The van der Waals surface area contributed by atoms with E-state index in [2.05, 4.69) is 36.8 Å². The molecule has 2 N–H and O–H groups in total. The summed E-state index contributed by atoms with van der Waals surface area (Å²) in [6, 6.07) is 27.3. The van der Waals surface area contributed by atoms with Gasteiger partial charge in [0.2, 0.25) is 0 Å². The molecule has 0 aliphatic heterocycles. The van der Waals surface area contributed by atoms with E-state index in [1.54, 1.807) is 12.1 Å². The molecule has 4 aromatic carbocycles. The summed E-state index contributed by atoms with van der Waals surface area (Å²) in [4.78, 5) is 25.5. The highest BCUT2D eigenvalue weighted by Crippen LogP contribution is 2.48. The van der Waals surface area contributed by atoms with Crippen LogP contribution in [0.4, 0.5) is 0 Å². The van der Waals surface area contributed by atoms with E-state index in [0.29, 0.717) is 11.1 Å². The fourth-order valence-electron chi connectivity index (χ4n) is 4.52. The SMILES string of the molecule is CC1(C)c2ccccc2-c2ccc(C(=O)NNC(=O)c3cccc4ccccc34)cc21. The summed E-state index contributed by atoms with van der Waals surface area (Å²) in [5.41, 5.74) is 10.7.